The number of nitrogens with one attached hydrogen (secondary N) is 3. The van der Waals surface area contributed by atoms with Crippen molar-refractivity contribution in [3.63, 3.8) is 0 Å². The van der Waals surface area contributed by atoms with Gasteiger partial charge in [0.2, 0.25) is 11.8 Å². The van der Waals surface area contributed by atoms with Crippen molar-refractivity contribution in [1.82, 2.24) is 5.32 Å². The van der Waals surface area contributed by atoms with Gasteiger partial charge >= 0.3 is 0 Å². The molecule has 24 heavy (non-hydrogen) atoms. The van der Waals surface area contributed by atoms with Gasteiger partial charge in [-0.1, -0.05) is 15.9 Å². The SMILES string of the molecule is O=C(CNc1ccc(Br)cc1)NCC(=O)Nc1ccc(F)c(F)c1. The minimum atomic E-state index is -1.06. The second kappa shape index (κ2) is 8.39. The zero-order chi connectivity index (χ0) is 17.5. The molecule has 3 N–H and O–H groups in total. The van der Waals surface area contributed by atoms with Crippen molar-refractivity contribution >= 4 is 39.1 Å². The highest BCUT2D eigenvalue weighted by Crippen LogP contribution is 2.14. The normalized spacial score (nSPS) is 10.1. The van der Waals surface area contributed by atoms with Crippen molar-refractivity contribution in [2.24, 2.45) is 0 Å². The Balaban J connectivity index is 1.73. The first-order valence-corrected chi connectivity index (χ1v) is 7.74. The topological polar surface area (TPSA) is 70.2 Å². The Hall–Kier alpha value is -2.48. The molecule has 0 fully saturated rings. The van der Waals surface area contributed by atoms with Gasteiger partial charge in [-0.05, 0) is 36.4 Å². The molecule has 2 amide bonds. The highest BCUT2D eigenvalue weighted by atomic mass is 79.9. The van der Waals surface area contributed by atoms with E-state index < -0.39 is 17.5 Å². The van der Waals surface area contributed by atoms with Crippen LogP contribution < -0.4 is 16.0 Å². The molecule has 0 aromatic heterocycles. The van der Waals surface area contributed by atoms with E-state index in [1.165, 1.54) is 6.07 Å². The lowest BCUT2D eigenvalue weighted by molar-refractivity contribution is -0.122. The van der Waals surface area contributed by atoms with Gasteiger partial charge in [0, 0.05) is 21.9 Å². The Kier molecular flexibility index (Phi) is 6.25. The van der Waals surface area contributed by atoms with Crippen LogP contribution in [-0.2, 0) is 9.59 Å². The Morgan fingerprint density at radius 1 is 0.875 bits per heavy atom. The lowest BCUT2D eigenvalue weighted by Gasteiger charge is -2.09. The van der Waals surface area contributed by atoms with Crippen LogP contribution in [0.4, 0.5) is 20.2 Å². The zero-order valence-corrected chi connectivity index (χ0v) is 14.0. The molecule has 0 atom stereocenters. The second-order valence-corrected chi connectivity index (χ2v) is 5.73. The van der Waals surface area contributed by atoms with E-state index in [4.69, 9.17) is 0 Å². The molecule has 2 aromatic carbocycles. The summed E-state index contributed by atoms with van der Waals surface area (Å²) in [6.45, 7) is -0.278. The summed E-state index contributed by atoms with van der Waals surface area (Å²) in [4.78, 5) is 23.3. The number of amides is 2. The van der Waals surface area contributed by atoms with Crippen LogP contribution in [0.5, 0.6) is 0 Å². The third kappa shape index (κ3) is 5.62. The monoisotopic (exact) mass is 397 g/mol. The van der Waals surface area contributed by atoms with Gasteiger partial charge in [-0.3, -0.25) is 9.59 Å². The second-order valence-electron chi connectivity index (χ2n) is 4.81. The van der Waals surface area contributed by atoms with E-state index in [1.54, 1.807) is 12.1 Å². The number of benzene rings is 2. The van der Waals surface area contributed by atoms with Crippen LogP contribution in [0.25, 0.3) is 0 Å². The summed E-state index contributed by atoms with van der Waals surface area (Å²) in [6, 6.07) is 10.3. The van der Waals surface area contributed by atoms with Crippen LogP contribution in [0.3, 0.4) is 0 Å². The zero-order valence-electron chi connectivity index (χ0n) is 12.4. The van der Waals surface area contributed by atoms with Gasteiger partial charge in [0.05, 0.1) is 13.1 Å². The fourth-order valence-corrected chi connectivity index (χ4v) is 2.03. The molecule has 0 aliphatic rings. The van der Waals surface area contributed by atoms with Gasteiger partial charge in [-0.25, -0.2) is 8.78 Å². The van der Waals surface area contributed by atoms with Crippen molar-refractivity contribution in [2.75, 3.05) is 23.7 Å². The van der Waals surface area contributed by atoms with E-state index in [9.17, 15) is 18.4 Å². The maximum atomic E-state index is 13.0. The molecule has 0 unspecified atom stereocenters. The molecule has 0 saturated heterocycles. The summed E-state index contributed by atoms with van der Waals surface area (Å²) in [7, 11) is 0. The molecule has 0 bridgehead atoms. The van der Waals surface area contributed by atoms with Gasteiger partial charge in [0.15, 0.2) is 11.6 Å². The fraction of sp³-hybridized carbons (Fsp3) is 0.125. The summed E-state index contributed by atoms with van der Waals surface area (Å²) in [5, 5.41) is 7.68. The lowest BCUT2D eigenvalue weighted by atomic mass is 10.3. The molecule has 0 aliphatic carbocycles. The molecule has 5 nitrogen and oxygen atoms in total. The molecule has 126 valence electrons. The third-order valence-electron chi connectivity index (χ3n) is 2.95. The van der Waals surface area contributed by atoms with E-state index in [1.807, 2.05) is 12.1 Å². The summed E-state index contributed by atoms with van der Waals surface area (Å²) >= 11 is 3.31. The predicted octanol–water partition coefficient (Wildman–Crippen LogP) is 2.89. The maximum Gasteiger partial charge on any atom is 0.243 e. The van der Waals surface area contributed by atoms with E-state index in [0.29, 0.717) is 0 Å². The number of carbonyl (C=O) groups is 2. The minimum Gasteiger partial charge on any atom is -0.376 e. The molecular weight excluding hydrogens is 384 g/mol. The minimum absolute atomic E-state index is 0.0000880. The molecular formula is C16H14BrF2N3O2. The number of anilines is 2. The first kappa shape index (κ1) is 17.9. The Morgan fingerprint density at radius 3 is 2.21 bits per heavy atom. The first-order chi connectivity index (χ1) is 11.4. The Labute approximate surface area is 145 Å². The lowest BCUT2D eigenvalue weighted by Crippen LogP contribution is -2.36. The number of hydrogen-bond donors (Lipinski definition) is 3. The summed E-state index contributed by atoms with van der Waals surface area (Å²) in [5.74, 6) is -2.98. The van der Waals surface area contributed by atoms with Crippen LogP contribution in [0.15, 0.2) is 46.9 Å². The van der Waals surface area contributed by atoms with Crippen molar-refractivity contribution < 1.29 is 18.4 Å². The van der Waals surface area contributed by atoms with E-state index in [-0.39, 0.29) is 24.7 Å². The Morgan fingerprint density at radius 2 is 1.54 bits per heavy atom. The summed E-state index contributed by atoms with van der Waals surface area (Å²) in [6.07, 6.45) is 0. The molecule has 0 radical (unpaired) electrons. The molecule has 0 spiro atoms. The van der Waals surface area contributed by atoms with Gasteiger partial charge in [-0.15, -0.1) is 0 Å². The molecule has 8 heteroatoms. The average Bonchev–Trinajstić information content (AvgIpc) is 2.56. The van der Waals surface area contributed by atoms with Crippen LogP contribution in [-0.4, -0.2) is 24.9 Å². The fourth-order valence-electron chi connectivity index (χ4n) is 1.77. The van der Waals surface area contributed by atoms with E-state index >= 15 is 0 Å². The van der Waals surface area contributed by atoms with E-state index in [2.05, 4.69) is 31.9 Å². The molecule has 0 saturated carbocycles. The summed E-state index contributed by atoms with van der Waals surface area (Å²) < 4.78 is 26.7. The van der Waals surface area contributed by atoms with Crippen LogP contribution in [0, 0.1) is 11.6 Å². The largest absolute Gasteiger partial charge is 0.376 e. The van der Waals surface area contributed by atoms with Gasteiger partial charge in [0.1, 0.15) is 0 Å². The van der Waals surface area contributed by atoms with Crippen molar-refractivity contribution in [1.29, 1.82) is 0 Å². The predicted molar refractivity (Wildman–Crippen MR) is 90.6 cm³/mol. The van der Waals surface area contributed by atoms with Crippen LogP contribution in [0.2, 0.25) is 0 Å². The van der Waals surface area contributed by atoms with Gasteiger partial charge in [0.25, 0.3) is 0 Å². The Bertz CT molecular complexity index is 739. The maximum absolute atomic E-state index is 13.0. The van der Waals surface area contributed by atoms with Gasteiger partial charge in [-0.2, -0.15) is 0 Å². The number of hydrogen-bond acceptors (Lipinski definition) is 3. The molecule has 2 rings (SSSR count). The first-order valence-electron chi connectivity index (χ1n) is 6.95. The smallest absolute Gasteiger partial charge is 0.243 e. The number of halogens is 3. The highest BCUT2D eigenvalue weighted by Gasteiger charge is 2.08. The van der Waals surface area contributed by atoms with Crippen LogP contribution >= 0.6 is 15.9 Å². The third-order valence-corrected chi connectivity index (χ3v) is 3.48. The van der Waals surface area contributed by atoms with E-state index in [0.717, 1.165) is 22.3 Å². The quantitative estimate of drug-likeness (QED) is 0.701. The van der Waals surface area contributed by atoms with Gasteiger partial charge < -0.3 is 16.0 Å². The van der Waals surface area contributed by atoms with Crippen molar-refractivity contribution in [3.05, 3.63) is 58.6 Å². The molecule has 0 aliphatic heterocycles. The average molecular weight is 398 g/mol. The summed E-state index contributed by atoms with van der Waals surface area (Å²) in [5.41, 5.74) is 0.876. The standard InChI is InChI=1S/C16H14BrF2N3O2/c17-10-1-3-11(4-2-10)20-8-15(23)21-9-16(24)22-12-5-6-13(18)14(19)7-12/h1-7,20H,8-9H2,(H,21,23)(H,22,24). The van der Waals surface area contributed by atoms with Crippen molar-refractivity contribution in [3.8, 4) is 0 Å². The number of rotatable bonds is 6. The van der Waals surface area contributed by atoms with Crippen LogP contribution in [0.1, 0.15) is 0 Å². The van der Waals surface area contributed by atoms with Crippen molar-refractivity contribution in [2.45, 2.75) is 0 Å². The molecule has 2 aromatic rings. The highest BCUT2D eigenvalue weighted by molar-refractivity contribution is 9.10. The number of carbonyl (C=O) groups excluding carboxylic acids is 2. The molecule has 0 heterocycles.